The first-order chi connectivity index (χ1) is 14.3. The molecule has 3 fully saturated rings. The predicted molar refractivity (Wildman–Crippen MR) is 115 cm³/mol. The molecule has 1 amide bonds. The van der Waals surface area contributed by atoms with Crippen molar-refractivity contribution in [3.8, 4) is 0 Å². The number of benzene rings is 1. The summed E-state index contributed by atoms with van der Waals surface area (Å²) in [6.07, 6.45) is 8.84. The van der Waals surface area contributed by atoms with E-state index in [1.54, 1.807) is 6.26 Å². The normalized spacial score (nSPS) is 25.1. The molecule has 2 aromatic rings. The second kappa shape index (κ2) is 8.49. The summed E-state index contributed by atoms with van der Waals surface area (Å²) in [6, 6.07) is 9.22. The van der Waals surface area contributed by atoms with Gasteiger partial charge in [-0.2, -0.15) is 0 Å². The molecule has 1 atom stereocenters. The van der Waals surface area contributed by atoms with Crippen LogP contribution in [0.1, 0.15) is 44.1 Å². The van der Waals surface area contributed by atoms with E-state index in [-0.39, 0.29) is 5.92 Å². The molecule has 0 unspecified atom stereocenters. The van der Waals surface area contributed by atoms with Gasteiger partial charge >= 0.3 is 0 Å². The van der Waals surface area contributed by atoms with E-state index in [0.717, 1.165) is 51.3 Å². The fraction of sp³-hybridized carbons (Fsp3) is 0.625. The number of nitrogens with zero attached hydrogens (tertiary/aromatic N) is 3. The first-order valence-corrected chi connectivity index (χ1v) is 11.5. The molecule has 156 valence electrons. The van der Waals surface area contributed by atoms with Gasteiger partial charge in [0.05, 0.1) is 12.2 Å². The number of hydrogen-bond donors (Lipinski definition) is 0. The van der Waals surface area contributed by atoms with Gasteiger partial charge in [-0.3, -0.25) is 14.6 Å². The Bertz CT molecular complexity index is 834. The van der Waals surface area contributed by atoms with Crippen LogP contribution in [0, 0.1) is 5.92 Å². The van der Waals surface area contributed by atoms with Gasteiger partial charge in [-0.1, -0.05) is 6.07 Å². The van der Waals surface area contributed by atoms with E-state index >= 15 is 0 Å². The van der Waals surface area contributed by atoms with Crippen LogP contribution in [-0.2, 0) is 11.3 Å². The van der Waals surface area contributed by atoms with Crippen molar-refractivity contribution in [2.75, 3.05) is 39.3 Å². The van der Waals surface area contributed by atoms with Gasteiger partial charge in [-0.25, -0.2) is 0 Å². The Labute approximate surface area is 173 Å². The van der Waals surface area contributed by atoms with Gasteiger partial charge in [-0.05, 0) is 81.9 Å². The SMILES string of the molecule is O=C([C@H]1CCCN(C2CCN(Cc3ccc4occc4c3)CC2)C1)N1CCCC1. The average Bonchev–Trinajstić information content (AvgIpc) is 3.46. The largest absolute Gasteiger partial charge is 0.464 e. The zero-order chi connectivity index (χ0) is 19.6. The number of rotatable bonds is 4. The van der Waals surface area contributed by atoms with E-state index in [4.69, 9.17) is 4.42 Å². The monoisotopic (exact) mass is 395 g/mol. The van der Waals surface area contributed by atoms with E-state index in [1.165, 1.54) is 49.6 Å². The molecule has 0 saturated carbocycles. The fourth-order valence-corrected chi connectivity index (χ4v) is 5.55. The highest BCUT2D eigenvalue weighted by atomic mass is 16.3. The number of carbonyl (C=O) groups is 1. The van der Waals surface area contributed by atoms with Crippen molar-refractivity contribution < 1.29 is 9.21 Å². The molecule has 5 nitrogen and oxygen atoms in total. The van der Waals surface area contributed by atoms with Crippen molar-refractivity contribution in [1.29, 1.82) is 0 Å². The van der Waals surface area contributed by atoms with Crippen LogP contribution in [0.25, 0.3) is 11.0 Å². The Morgan fingerprint density at radius 2 is 1.79 bits per heavy atom. The summed E-state index contributed by atoms with van der Waals surface area (Å²) < 4.78 is 5.46. The molecule has 0 radical (unpaired) electrons. The van der Waals surface area contributed by atoms with Crippen molar-refractivity contribution in [2.45, 2.75) is 51.1 Å². The summed E-state index contributed by atoms with van der Waals surface area (Å²) in [5.41, 5.74) is 2.34. The summed E-state index contributed by atoms with van der Waals surface area (Å²) in [6.45, 7) is 7.44. The van der Waals surface area contributed by atoms with Crippen LogP contribution in [0.15, 0.2) is 34.9 Å². The first kappa shape index (κ1) is 19.1. The molecule has 3 aliphatic heterocycles. The van der Waals surface area contributed by atoms with Crippen LogP contribution in [0.4, 0.5) is 0 Å². The third-order valence-electron chi connectivity index (χ3n) is 7.22. The lowest BCUT2D eigenvalue weighted by molar-refractivity contribution is -0.136. The molecule has 0 aliphatic carbocycles. The fourth-order valence-electron chi connectivity index (χ4n) is 5.55. The highest BCUT2D eigenvalue weighted by molar-refractivity contribution is 5.79. The molecule has 0 N–H and O–H groups in total. The number of hydrogen-bond acceptors (Lipinski definition) is 4. The highest BCUT2D eigenvalue weighted by Gasteiger charge is 2.34. The van der Waals surface area contributed by atoms with Crippen LogP contribution in [0.5, 0.6) is 0 Å². The number of carbonyl (C=O) groups excluding carboxylic acids is 1. The smallest absolute Gasteiger partial charge is 0.226 e. The van der Waals surface area contributed by atoms with E-state index in [0.29, 0.717) is 11.9 Å². The number of piperidine rings is 2. The van der Waals surface area contributed by atoms with Gasteiger partial charge in [0.15, 0.2) is 0 Å². The molecular formula is C24H33N3O2. The maximum Gasteiger partial charge on any atom is 0.226 e. The second-order valence-electron chi connectivity index (χ2n) is 9.17. The van der Waals surface area contributed by atoms with Crippen LogP contribution in [-0.4, -0.2) is 65.9 Å². The summed E-state index contributed by atoms with van der Waals surface area (Å²) >= 11 is 0. The van der Waals surface area contributed by atoms with Gasteiger partial charge in [0, 0.05) is 37.6 Å². The predicted octanol–water partition coefficient (Wildman–Crippen LogP) is 3.73. The van der Waals surface area contributed by atoms with Crippen LogP contribution >= 0.6 is 0 Å². The molecule has 3 saturated heterocycles. The molecule has 1 aromatic carbocycles. The standard InChI is InChI=1S/C24H33N3O2/c28-24(26-10-1-2-11-26)21-4-3-12-27(18-21)22-7-13-25(14-8-22)17-19-5-6-23-20(16-19)9-15-29-23/h5-6,9,15-16,21-22H,1-4,7-8,10-14,17-18H2/t21-/m0/s1. The van der Waals surface area contributed by atoms with Crippen molar-refractivity contribution in [2.24, 2.45) is 5.92 Å². The zero-order valence-electron chi connectivity index (χ0n) is 17.4. The Morgan fingerprint density at radius 3 is 2.62 bits per heavy atom. The lowest BCUT2D eigenvalue weighted by atomic mass is 9.93. The van der Waals surface area contributed by atoms with Crippen LogP contribution in [0.3, 0.4) is 0 Å². The highest BCUT2D eigenvalue weighted by Crippen LogP contribution is 2.27. The first-order valence-electron chi connectivity index (χ1n) is 11.5. The van der Waals surface area contributed by atoms with Gasteiger partial charge < -0.3 is 9.32 Å². The number of fused-ring (bicyclic) bond motifs is 1. The van der Waals surface area contributed by atoms with Crippen LogP contribution < -0.4 is 0 Å². The Balaban J connectivity index is 1.13. The third-order valence-corrected chi connectivity index (χ3v) is 7.22. The van der Waals surface area contributed by atoms with E-state index in [2.05, 4.69) is 32.9 Å². The minimum atomic E-state index is 0.238. The molecule has 5 heteroatoms. The van der Waals surface area contributed by atoms with Crippen molar-refractivity contribution in [3.63, 3.8) is 0 Å². The topological polar surface area (TPSA) is 39.9 Å². The third kappa shape index (κ3) is 4.22. The summed E-state index contributed by atoms with van der Waals surface area (Å²) in [5, 5.41) is 1.19. The van der Waals surface area contributed by atoms with Gasteiger partial charge in [-0.15, -0.1) is 0 Å². The Hall–Kier alpha value is -1.85. The summed E-state index contributed by atoms with van der Waals surface area (Å²) in [7, 11) is 0. The van der Waals surface area contributed by atoms with E-state index < -0.39 is 0 Å². The van der Waals surface area contributed by atoms with E-state index in [9.17, 15) is 4.79 Å². The van der Waals surface area contributed by atoms with E-state index in [1.807, 2.05) is 6.07 Å². The summed E-state index contributed by atoms with van der Waals surface area (Å²) in [4.78, 5) is 20.2. The van der Waals surface area contributed by atoms with Crippen molar-refractivity contribution >= 4 is 16.9 Å². The Morgan fingerprint density at radius 1 is 0.966 bits per heavy atom. The molecule has 4 heterocycles. The molecule has 0 spiro atoms. The Kier molecular flexibility index (Phi) is 5.60. The zero-order valence-corrected chi connectivity index (χ0v) is 17.4. The van der Waals surface area contributed by atoms with Gasteiger partial charge in [0.25, 0.3) is 0 Å². The number of likely N-dealkylation sites (tertiary alicyclic amines) is 3. The summed E-state index contributed by atoms with van der Waals surface area (Å²) in [5.74, 6) is 0.667. The lowest BCUT2D eigenvalue weighted by Crippen LogP contribution is -2.51. The molecule has 1 aromatic heterocycles. The van der Waals surface area contributed by atoms with Gasteiger partial charge in [0.2, 0.25) is 5.91 Å². The number of amides is 1. The minimum absolute atomic E-state index is 0.238. The maximum absolute atomic E-state index is 12.8. The molecule has 29 heavy (non-hydrogen) atoms. The molecule has 0 bridgehead atoms. The average molecular weight is 396 g/mol. The van der Waals surface area contributed by atoms with Gasteiger partial charge in [0.1, 0.15) is 5.58 Å². The molecular weight excluding hydrogens is 362 g/mol. The van der Waals surface area contributed by atoms with Crippen LogP contribution in [0.2, 0.25) is 0 Å². The second-order valence-corrected chi connectivity index (χ2v) is 9.17. The van der Waals surface area contributed by atoms with Crippen molar-refractivity contribution in [1.82, 2.24) is 14.7 Å². The lowest BCUT2D eigenvalue weighted by Gasteiger charge is -2.42. The molecule has 3 aliphatic rings. The van der Waals surface area contributed by atoms with Crippen molar-refractivity contribution in [3.05, 3.63) is 36.1 Å². The molecule has 5 rings (SSSR count). The quantitative estimate of drug-likeness (QED) is 0.791. The number of furan rings is 1. The maximum atomic E-state index is 12.8. The minimum Gasteiger partial charge on any atom is -0.464 e.